The molecule has 0 aromatic heterocycles. The van der Waals surface area contributed by atoms with Crippen molar-refractivity contribution in [2.24, 2.45) is 11.8 Å². The Bertz CT molecular complexity index is 324. The van der Waals surface area contributed by atoms with Gasteiger partial charge in [0.15, 0.2) is 0 Å². The molecule has 1 saturated carbocycles. The van der Waals surface area contributed by atoms with Crippen LogP contribution in [0.3, 0.4) is 0 Å². The van der Waals surface area contributed by atoms with Gasteiger partial charge in [-0.05, 0) is 36.3 Å². The van der Waals surface area contributed by atoms with E-state index in [9.17, 15) is 4.39 Å². The zero-order valence-electron chi connectivity index (χ0n) is 8.21. The van der Waals surface area contributed by atoms with Crippen LogP contribution in [0.4, 0.5) is 4.39 Å². The lowest BCUT2D eigenvalue weighted by Gasteiger charge is -2.08. The highest BCUT2D eigenvalue weighted by atomic mass is 35.5. The Morgan fingerprint density at radius 3 is 2.71 bits per heavy atom. The lowest BCUT2D eigenvalue weighted by atomic mass is 10.1. The van der Waals surface area contributed by atoms with Crippen molar-refractivity contribution in [2.45, 2.75) is 25.1 Å². The predicted octanol–water partition coefficient (Wildman–Crippen LogP) is 3.63. The molecule has 1 aromatic rings. The first kappa shape index (κ1) is 9.97. The van der Waals surface area contributed by atoms with E-state index in [4.69, 9.17) is 11.6 Å². The first-order chi connectivity index (χ1) is 6.68. The van der Waals surface area contributed by atoms with Crippen LogP contribution in [0.2, 0.25) is 0 Å². The van der Waals surface area contributed by atoms with Crippen LogP contribution in [0.25, 0.3) is 0 Å². The normalized spacial score (nSPS) is 27.4. The number of hydrogen-bond donors (Lipinski definition) is 0. The van der Waals surface area contributed by atoms with Crippen LogP contribution >= 0.6 is 11.6 Å². The largest absolute Gasteiger partial charge is 0.207 e. The molecule has 0 saturated heterocycles. The van der Waals surface area contributed by atoms with E-state index in [0.717, 1.165) is 11.5 Å². The predicted molar refractivity (Wildman–Crippen MR) is 57.0 cm³/mol. The fourth-order valence-corrected chi connectivity index (χ4v) is 2.40. The molecule has 1 fully saturated rings. The Morgan fingerprint density at radius 1 is 1.50 bits per heavy atom. The summed E-state index contributed by atoms with van der Waals surface area (Å²) in [5.74, 6) is 1.19. The van der Waals surface area contributed by atoms with Gasteiger partial charge in [0.25, 0.3) is 0 Å². The van der Waals surface area contributed by atoms with Gasteiger partial charge < -0.3 is 0 Å². The lowest BCUT2D eigenvalue weighted by Crippen LogP contribution is -2.08. The Labute approximate surface area is 89.1 Å². The minimum atomic E-state index is -0.133. The molecule has 2 heteroatoms. The highest BCUT2D eigenvalue weighted by Crippen LogP contribution is 2.43. The third-order valence-corrected chi connectivity index (χ3v) is 3.49. The lowest BCUT2D eigenvalue weighted by molar-refractivity contribution is 0.594. The zero-order valence-corrected chi connectivity index (χ0v) is 8.97. The van der Waals surface area contributed by atoms with E-state index in [1.165, 1.54) is 12.5 Å². The summed E-state index contributed by atoms with van der Waals surface area (Å²) in [4.78, 5) is 0. The molecule has 3 atom stereocenters. The summed E-state index contributed by atoms with van der Waals surface area (Å²) in [6.07, 6.45) is 1.85. The summed E-state index contributed by atoms with van der Waals surface area (Å²) in [5.41, 5.74) is 0.742. The average molecular weight is 213 g/mol. The van der Waals surface area contributed by atoms with Crippen molar-refractivity contribution in [3.8, 4) is 0 Å². The summed E-state index contributed by atoms with van der Waals surface area (Å²) in [6.45, 7) is 2.20. The van der Waals surface area contributed by atoms with E-state index in [-0.39, 0.29) is 11.2 Å². The second-order valence-electron chi connectivity index (χ2n) is 4.19. The highest BCUT2D eigenvalue weighted by Gasteiger charge is 2.38. The molecule has 0 nitrogen and oxygen atoms in total. The van der Waals surface area contributed by atoms with Crippen LogP contribution in [0.5, 0.6) is 0 Å². The molecule has 0 aliphatic heterocycles. The van der Waals surface area contributed by atoms with Gasteiger partial charge in [-0.1, -0.05) is 25.1 Å². The van der Waals surface area contributed by atoms with Crippen molar-refractivity contribution >= 4 is 11.6 Å². The Kier molecular flexibility index (Phi) is 2.78. The van der Waals surface area contributed by atoms with Gasteiger partial charge >= 0.3 is 0 Å². The topological polar surface area (TPSA) is 0 Å². The van der Waals surface area contributed by atoms with Gasteiger partial charge in [-0.2, -0.15) is 0 Å². The summed E-state index contributed by atoms with van der Waals surface area (Å²) in [6, 6.07) is 6.88. The standard InChI is InChI=1S/C12H14ClF/c1-8-6-10(8)11(13)7-9-4-2-3-5-12(9)14/h2-5,8,10-11H,6-7H2,1H3. The Hall–Kier alpha value is -0.560. The molecule has 1 aliphatic rings. The summed E-state index contributed by atoms with van der Waals surface area (Å²) >= 11 is 6.21. The molecule has 1 aliphatic carbocycles. The van der Waals surface area contributed by atoms with Crippen molar-refractivity contribution in [1.82, 2.24) is 0 Å². The fraction of sp³-hybridized carbons (Fsp3) is 0.500. The molecular weight excluding hydrogens is 199 g/mol. The molecule has 2 rings (SSSR count). The molecule has 3 unspecified atom stereocenters. The second kappa shape index (κ2) is 3.90. The van der Waals surface area contributed by atoms with E-state index in [0.29, 0.717) is 12.3 Å². The van der Waals surface area contributed by atoms with Gasteiger partial charge in [0.05, 0.1) is 0 Å². The maximum atomic E-state index is 13.3. The first-order valence-corrected chi connectivity index (χ1v) is 5.49. The molecule has 0 radical (unpaired) electrons. The van der Waals surface area contributed by atoms with Crippen LogP contribution in [0.15, 0.2) is 24.3 Å². The van der Waals surface area contributed by atoms with E-state index >= 15 is 0 Å². The fourth-order valence-electron chi connectivity index (χ4n) is 1.88. The molecular formula is C12H14ClF. The first-order valence-electron chi connectivity index (χ1n) is 5.06. The molecule has 0 amide bonds. The Balaban J connectivity index is 2.00. The van der Waals surface area contributed by atoms with Crippen LogP contribution in [-0.4, -0.2) is 5.38 Å². The van der Waals surface area contributed by atoms with Gasteiger partial charge in [0.1, 0.15) is 5.82 Å². The van der Waals surface area contributed by atoms with Gasteiger partial charge in [-0.3, -0.25) is 0 Å². The summed E-state index contributed by atoms with van der Waals surface area (Å²) in [7, 11) is 0. The quantitative estimate of drug-likeness (QED) is 0.672. The Morgan fingerprint density at radius 2 is 2.14 bits per heavy atom. The number of hydrogen-bond acceptors (Lipinski definition) is 0. The molecule has 1 aromatic carbocycles. The summed E-state index contributed by atoms with van der Waals surface area (Å²) in [5, 5.41) is 0.0990. The van der Waals surface area contributed by atoms with Crippen molar-refractivity contribution in [3.63, 3.8) is 0 Å². The minimum Gasteiger partial charge on any atom is -0.207 e. The van der Waals surface area contributed by atoms with Gasteiger partial charge in [-0.15, -0.1) is 11.6 Å². The van der Waals surface area contributed by atoms with E-state index in [1.807, 2.05) is 12.1 Å². The van der Waals surface area contributed by atoms with Crippen molar-refractivity contribution in [2.75, 3.05) is 0 Å². The molecule has 0 heterocycles. The summed E-state index contributed by atoms with van der Waals surface area (Å²) < 4.78 is 13.3. The average Bonchev–Trinajstić information content (AvgIpc) is 2.87. The molecule has 14 heavy (non-hydrogen) atoms. The van der Waals surface area contributed by atoms with Crippen LogP contribution in [0, 0.1) is 17.7 Å². The number of rotatable bonds is 3. The van der Waals surface area contributed by atoms with Gasteiger partial charge in [-0.25, -0.2) is 4.39 Å². The van der Waals surface area contributed by atoms with Crippen molar-refractivity contribution < 1.29 is 4.39 Å². The SMILES string of the molecule is CC1CC1C(Cl)Cc1ccccc1F. The number of halogens is 2. The maximum Gasteiger partial charge on any atom is 0.126 e. The van der Waals surface area contributed by atoms with E-state index in [2.05, 4.69) is 6.92 Å². The molecule has 0 N–H and O–H groups in total. The zero-order chi connectivity index (χ0) is 10.1. The van der Waals surface area contributed by atoms with Crippen molar-refractivity contribution in [1.29, 1.82) is 0 Å². The molecule has 0 bridgehead atoms. The third-order valence-electron chi connectivity index (χ3n) is 3.01. The minimum absolute atomic E-state index is 0.0990. The number of alkyl halides is 1. The van der Waals surface area contributed by atoms with Gasteiger partial charge in [0.2, 0.25) is 0 Å². The number of benzene rings is 1. The van der Waals surface area contributed by atoms with Gasteiger partial charge in [0, 0.05) is 5.38 Å². The van der Waals surface area contributed by atoms with Crippen molar-refractivity contribution in [3.05, 3.63) is 35.6 Å². The molecule has 0 spiro atoms. The van der Waals surface area contributed by atoms with E-state index < -0.39 is 0 Å². The molecule has 76 valence electrons. The van der Waals surface area contributed by atoms with Crippen LogP contribution in [0.1, 0.15) is 18.9 Å². The van der Waals surface area contributed by atoms with Crippen LogP contribution in [-0.2, 0) is 6.42 Å². The third kappa shape index (κ3) is 2.09. The maximum absolute atomic E-state index is 13.3. The van der Waals surface area contributed by atoms with E-state index in [1.54, 1.807) is 6.07 Å². The smallest absolute Gasteiger partial charge is 0.126 e. The highest BCUT2D eigenvalue weighted by molar-refractivity contribution is 6.21. The monoisotopic (exact) mass is 212 g/mol. The second-order valence-corrected chi connectivity index (χ2v) is 4.75. The van der Waals surface area contributed by atoms with Crippen LogP contribution < -0.4 is 0 Å².